The van der Waals surface area contributed by atoms with Gasteiger partial charge in [0.15, 0.2) is 0 Å². The van der Waals surface area contributed by atoms with Crippen LogP contribution >= 0.6 is 22.9 Å². The van der Waals surface area contributed by atoms with E-state index in [0.717, 1.165) is 23.3 Å². The molecule has 106 valence electrons. The summed E-state index contributed by atoms with van der Waals surface area (Å²) in [6.07, 6.45) is 7.17. The van der Waals surface area contributed by atoms with Gasteiger partial charge in [-0.2, -0.15) is 0 Å². The van der Waals surface area contributed by atoms with Crippen LogP contribution in [0, 0.1) is 5.92 Å². The zero-order valence-corrected chi connectivity index (χ0v) is 13.0. The molecule has 4 heteroatoms. The van der Waals surface area contributed by atoms with E-state index < -0.39 is 0 Å². The Morgan fingerprint density at radius 2 is 2.11 bits per heavy atom. The molecule has 0 radical (unpaired) electrons. The molecule has 1 atom stereocenters. The molecule has 2 heterocycles. The van der Waals surface area contributed by atoms with Crippen LogP contribution in [0.2, 0.25) is 4.34 Å². The first-order chi connectivity index (χ1) is 9.31. The Bertz CT molecular complexity index is 401. The maximum absolute atomic E-state index is 6.02. The molecule has 2 nitrogen and oxygen atoms in total. The van der Waals surface area contributed by atoms with E-state index in [1.165, 1.54) is 50.1 Å². The van der Waals surface area contributed by atoms with E-state index in [2.05, 4.69) is 16.3 Å². The number of thiophene rings is 1. The molecule has 0 amide bonds. The third kappa shape index (κ3) is 3.72. The van der Waals surface area contributed by atoms with Crippen LogP contribution < -0.4 is 5.32 Å². The molecule has 0 spiro atoms. The average Bonchev–Trinajstić information content (AvgIpc) is 2.85. The highest BCUT2D eigenvalue weighted by Crippen LogP contribution is 2.28. The van der Waals surface area contributed by atoms with E-state index >= 15 is 0 Å². The monoisotopic (exact) mass is 298 g/mol. The maximum atomic E-state index is 6.02. The van der Waals surface area contributed by atoms with Gasteiger partial charge in [-0.1, -0.05) is 30.9 Å². The van der Waals surface area contributed by atoms with Crippen LogP contribution in [-0.4, -0.2) is 30.6 Å². The minimum absolute atomic E-state index is 0.712. The van der Waals surface area contributed by atoms with Crippen molar-refractivity contribution in [2.75, 3.05) is 19.6 Å². The second-order valence-electron chi connectivity index (χ2n) is 5.90. The van der Waals surface area contributed by atoms with Crippen molar-refractivity contribution in [3.05, 3.63) is 21.3 Å². The first-order valence-corrected chi connectivity index (χ1v) is 8.70. The van der Waals surface area contributed by atoms with Gasteiger partial charge < -0.3 is 5.32 Å². The Kier molecular flexibility index (Phi) is 4.80. The van der Waals surface area contributed by atoms with Crippen molar-refractivity contribution in [2.45, 2.75) is 44.7 Å². The third-order valence-corrected chi connectivity index (χ3v) is 5.73. The van der Waals surface area contributed by atoms with Crippen LogP contribution in [0.3, 0.4) is 0 Å². The zero-order chi connectivity index (χ0) is 13.1. The SMILES string of the molecule is Clc1ccc(CN2CCNC(C3CCCCC3)C2)s1. The molecule has 1 aliphatic heterocycles. The number of nitrogens with zero attached hydrogens (tertiary/aromatic N) is 1. The molecule has 1 aromatic heterocycles. The lowest BCUT2D eigenvalue weighted by Gasteiger charge is -2.39. The van der Waals surface area contributed by atoms with Crippen LogP contribution in [0.4, 0.5) is 0 Å². The number of piperazine rings is 1. The highest BCUT2D eigenvalue weighted by atomic mass is 35.5. The molecule has 3 rings (SSSR count). The highest BCUT2D eigenvalue weighted by Gasteiger charge is 2.27. The van der Waals surface area contributed by atoms with Gasteiger partial charge in [-0.15, -0.1) is 11.3 Å². The summed E-state index contributed by atoms with van der Waals surface area (Å²) in [6.45, 7) is 4.58. The molecule has 0 aromatic carbocycles. The predicted octanol–water partition coefficient (Wildman–Crippen LogP) is 3.76. The van der Waals surface area contributed by atoms with Gasteiger partial charge in [-0.05, 0) is 30.9 Å². The molecular formula is C15H23ClN2S. The minimum atomic E-state index is 0.712. The fourth-order valence-electron chi connectivity index (χ4n) is 3.50. The van der Waals surface area contributed by atoms with Gasteiger partial charge in [-0.25, -0.2) is 0 Å². The molecule has 1 unspecified atom stereocenters. The topological polar surface area (TPSA) is 15.3 Å². The average molecular weight is 299 g/mol. The first-order valence-electron chi connectivity index (χ1n) is 7.51. The lowest BCUT2D eigenvalue weighted by molar-refractivity contribution is 0.142. The summed E-state index contributed by atoms with van der Waals surface area (Å²) in [4.78, 5) is 3.99. The van der Waals surface area contributed by atoms with Crippen LogP contribution in [0.5, 0.6) is 0 Å². The number of hydrogen-bond acceptors (Lipinski definition) is 3. The van der Waals surface area contributed by atoms with Crippen molar-refractivity contribution in [1.29, 1.82) is 0 Å². The Balaban J connectivity index is 1.55. The standard InChI is InChI=1S/C15H23ClN2S/c16-15-7-6-13(19-15)10-18-9-8-17-14(11-18)12-4-2-1-3-5-12/h6-7,12,14,17H,1-5,8-11H2. The molecule has 1 aliphatic carbocycles. The molecule has 0 bridgehead atoms. The van der Waals surface area contributed by atoms with E-state index in [-0.39, 0.29) is 0 Å². The summed E-state index contributed by atoms with van der Waals surface area (Å²) in [5, 5.41) is 3.75. The van der Waals surface area contributed by atoms with Gasteiger partial charge in [0.1, 0.15) is 0 Å². The van der Waals surface area contributed by atoms with Gasteiger partial charge in [0, 0.05) is 37.1 Å². The van der Waals surface area contributed by atoms with Crippen molar-refractivity contribution < 1.29 is 0 Å². The summed E-state index contributed by atoms with van der Waals surface area (Å²) in [6, 6.07) is 4.90. The van der Waals surface area contributed by atoms with Crippen molar-refractivity contribution in [1.82, 2.24) is 10.2 Å². The molecule has 1 N–H and O–H groups in total. The normalized spacial score (nSPS) is 26.7. The number of hydrogen-bond donors (Lipinski definition) is 1. The smallest absolute Gasteiger partial charge is 0.0931 e. The van der Waals surface area contributed by atoms with E-state index in [1.54, 1.807) is 11.3 Å². The maximum Gasteiger partial charge on any atom is 0.0931 e. The van der Waals surface area contributed by atoms with E-state index in [0.29, 0.717) is 6.04 Å². The van der Waals surface area contributed by atoms with Gasteiger partial charge in [0.25, 0.3) is 0 Å². The van der Waals surface area contributed by atoms with Gasteiger partial charge in [-0.3, -0.25) is 4.90 Å². The van der Waals surface area contributed by atoms with Crippen molar-refractivity contribution in [2.24, 2.45) is 5.92 Å². The van der Waals surface area contributed by atoms with Crippen LogP contribution in [0.1, 0.15) is 37.0 Å². The molecule has 1 aromatic rings. The van der Waals surface area contributed by atoms with Crippen LogP contribution in [-0.2, 0) is 6.54 Å². The number of rotatable bonds is 3. The Morgan fingerprint density at radius 1 is 1.26 bits per heavy atom. The first kappa shape index (κ1) is 13.9. The minimum Gasteiger partial charge on any atom is -0.311 e. The molecule has 19 heavy (non-hydrogen) atoms. The summed E-state index contributed by atoms with van der Waals surface area (Å²) in [5.74, 6) is 0.906. The highest BCUT2D eigenvalue weighted by molar-refractivity contribution is 7.16. The molecule has 1 saturated heterocycles. The lowest BCUT2D eigenvalue weighted by atomic mass is 9.83. The van der Waals surface area contributed by atoms with Crippen molar-refractivity contribution >= 4 is 22.9 Å². The second-order valence-corrected chi connectivity index (χ2v) is 7.70. The summed E-state index contributed by atoms with van der Waals surface area (Å²) in [5.41, 5.74) is 0. The predicted molar refractivity (Wildman–Crippen MR) is 83.0 cm³/mol. The number of halogens is 1. The van der Waals surface area contributed by atoms with Gasteiger partial charge in [0.05, 0.1) is 4.34 Å². The van der Waals surface area contributed by atoms with E-state index in [9.17, 15) is 0 Å². The van der Waals surface area contributed by atoms with Crippen LogP contribution in [0.25, 0.3) is 0 Å². The van der Waals surface area contributed by atoms with Gasteiger partial charge >= 0.3 is 0 Å². The van der Waals surface area contributed by atoms with Crippen molar-refractivity contribution in [3.63, 3.8) is 0 Å². The Morgan fingerprint density at radius 3 is 2.84 bits per heavy atom. The lowest BCUT2D eigenvalue weighted by Crippen LogP contribution is -2.53. The van der Waals surface area contributed by atoms with E-state index in [4.69, 9.17) is 11.6 Å². The fourth-order valence-corrected chi connectivity index (χ4v) is 4.63. The third-order valence-electron chi connectivity index (χ3n) is 4.52. The number of nitrogens with one attached hydrogen (secondary N) is 1. The quantitative estimate of drug-likeness (QED) is 0.914. The van der Waals surface area contributed by atoms with Crippen molar-refractivity contribution in [3.8, 4) is 0 Å². The zero-order valence-electron chi connectivity index (χ0n) is 11.4. The molecule has 1 saturated carbocycles. The summed E-state index contributed by atoms with van der Waals surface area (Å²) < 4.78 is 0.911. The Labute approximate surface area is 125 Å². The Hall–Kier alpha value is -0.0900. The largest absolute Gasteiger partial charge is 0.311 e. The molecule has 2 aliphatic rings. The fraction of sp³-hybridized carbons (Fsp3) is 0.733. The second kappa shape index (κ2) is 6.57. The summed E-state index contributed by atoms with van der Waals surface area (Å²) >= 11 is 7.74. The summed E-state index contributed by atoms with van der Waals surface area (Å²) in [7, 11) is 0. The van der Waals surface area contributed by atoms with Gasteiger partial charge in [0.2, 0.25) is 0 Å². The molecular weight excluding hydrogens is 276 g/mol. The van der Waals surface area contributed by atoms with E-state index in [1.807, 2.05) is 6.07 Å². The molecule has 2 fully saturated rings. The van der Waals surface area contributed by atoms with Crippen LogP contribution in [0.15, 0.2) is 12.1 Å².